The number of benzene rings is 1. The van der Waals surface area contributed by atoms with Gasteiger partial charge in [-0.05, 0) is 12.1 Å². The molecule has 2 nitrogen and oxygen atoms in total. The fraction of sp³-hybridized carbons (Fsp3) is 0.333. The van der Waals surface area contributed by atoms with Gasteiger partial charge in [-0.1, -0.05) is 6.07 Å². The first-order chi connectivity index (χ1) is 6.48. The molecule has 2 rings (SSSR count). The lowest BCUT2D eigenvalue weighted by atomic mass is 10.1. The van der Waals surface area contributed by atoms with Crippen LogP contribution in [0.4, 0.5) is 13.2 Å². The minimum absolute atomic E-state index is 0.0244. The maximum absolute atomic E-state index is 12.2. The molecule has 1 atom stereocenters. The third-order valence-corrected chi connectivity index (χ3v) is 2.10. The Morgan fingerprint density at radius 2 is 2.07 bits per heavy atom. The quantitative estimate of drug-likeness (QED) is 0.701. The smallest absolute Gasteiger partial charge is 0.416 e. The van der Waals surface area contributed by atoms with Crippen molar-refractivity contribution >= 4 is 0 Å². The molecule has 1 aromatic carbocycles. The van der Waals surface area contributed by atoms with Crippen LogP contribution in [0.25, 0.3) is 0 Å². The van der Waals surface area contributed by atoms with Gasteiger partial charge in [-0.2, -0.15) is 13.2 Å². The lowest BCUT2D eigenvalue weighted by Gasteiger charge is -2.07. The molecule has 0 aliphatic carbocycles. The average molecular weight is 204 g/mol. The second kappa shape index (κ2) is 2.88. The highest BCUT2D eigenvalue weighted by molar-refractivity contribution is 5.42. The van der Waals surface area contributed by atoms with Gasteiger partial charge in [0.15, 0.2) is 0 Å². The first-order valence-electron chi connectivity index (χ1n) is 4.00. The van der Waals surface area contributed by atoms with Gasteiger partial charge in [-0.25, -0.2) is 0 Å². The molecule has 0 bridgehead atoms. The van der Waals surface area contributed by atoms with Gasteiger partial charge in [-0.15, -0.1) is 0 Å². The van der Waals surface area contributed by atoms with Crippen LogP contribution in [0.2, 0.25) is 0 Å². The number of hydrogen-bond donors (Lipinski definition) is 1. The largest absolute Gasteiger partial charge is 0.490 e. The Hall–Kier alpha value is -1.23. The van der Waals surface area contributed by atoms with Crippen LogP contribution in [0.3, 0.4) is 0 Å². The lowest BCUT2D eigenvalue weighted by Crippen LogP contribution is -2.04. The third-order valence-electron chi connectivity index (χ3n) is 2.10. The molecule has 0 saturated heterocycles. The van der Waals surface area contributed by atoms with Gasteiger partial charge in [0, 0.05) is 5.56 Å². The van der Waals surface area contributed by atoms with Crippen molar-refractivity contribution in [3.63, 3.8) is 0 Å². The van der Waals surface area contributed by atoms with Gasteiger partial charge in [0.2, 0.25) is 0 Å². The van der Waals surface area contributed by atoms with Crippen molar-refractivity contribution in [1.29, 1.82) is 0 Å². The number of aliphatic hydroxyl groups is 1. The Balaban J connectivity index is 2.42. The molecule has 5 heteroatoms. The molecule has 1 unspecified atom stereocenters. The Kier molecular flexibility index (Phi) is 1.92. The van der Waals surface area contributed by atoms with Crippen molar-refractivity contribution in [2.75, 3.05) is 6.61 Å². The van der Waals surface area contributed by atoms with E-state index < -0.39 is 17.8 Å². The molecular formula is C9H7F3O2. The average Bonchev–Trinajstić information content (AvgIpc) is 2.46. The first kappa shape index (κ1) is 9.33. The van der Waals surface area contributed by atoms with Crippen LogP contribution in [0.5, 0.6) is 5.75 Å². The molecule has 14 heavy (non-hydrogen) atoms. The Labute approximate surface area is 77.9 Å². The molecule has 0 saturated carbocycles. The highest BCUT2D eigenvalue weighted by atomic mass is 19.4. The summed E-state index contributed by atoms with van der Waals surface area (Å²) in [5.74, 6) is 0.118. The van der Waals surface area contributed by atoms with Crippen LogP contribution in [-0.2, 0) is 6.18 Å². The van der Waals surface area contributed by atoms with Gasteiger partial charge in [0.25, 0.3) is 0 Å². The summed E-state index contributed by atoms with van der Waals surface area (Å²) in [6.07, 6.45) is -5.18. The summed E-state index contributed by atoms with van der Waals surface area (Å²) in [7, 11) is 0. The van der Waals surface area contributed by atoms with Crippen molar-refractivity contribution in [2.45, 2.75) is 12.3 Å². The molecule has 0 aromatic heterocycles. The predicted molar refractivity (Wildman–Crippen MR) is 41.9 cm³/mol. The molecule has 1 aliphatic rings. The predicted octanol–water partition coefficient (Wildman–Crippen LogP) is 2.13. The van der Waals surface area contributed by atoms with Gasteiger partial charge >= 0.3 is 6.18 Å². The van der Waals surface area contributed by atoms with Gasteiger partial charge < -0.3 is 9.84 Å². The highest BCUT2D eigenvalue weighted by Crippen LogP contribution is 2.37. The number of alkyl halides is 3. The standard InChI is InChI=1S/C9H7F3O2/c10-9(11,12)5-1-2-6-7(13)4-14-8(6)3-5/h1-3,7,13H,4H2. The van der Waals surface area contributed by atoms with Crippen molar-refractivity contribution < 1.29 is 23.0 Å². The molecular weight excluding hydrogens is 197 g/mol. The van der Waals surface area contributed by atoms with E-state index in [0.29, 0.717) is 5.56 Å². The van der Waals surface area contributed by atoms with Crippen molar-refractivity contribution in [2.24, 2.45) is 0 Å². The van der Waals surface area contributed by atoms with Gasteiger partial charge in [-0.3, -0.25) is 0 Å². The molecule has 1 N–H and O–H groups in total. The Bertz CT molecular complexity index is 360. The Morgan fingerprint density at radius 1 is 1.36 bits per heavy atom. The first-order valence-corrected chi connectivity index (χ1v) is 4.00. The molecule has 0 spiro atoms. The molecule has 0 fully saturated rings. The SMILES string of the molecule is OC1COc2cc(C(F)(F)F)ccc21. The number of ether oxygens (including phenoxy) is 1. The number of fused-ring (bicyclic) bond motifs is 1. The third kappa shape index (κ3) is 1.43. The molecule has 76 valence electrons. The van der Waals surface area contributed by atoms with E-state index in [1.54, 1.807) is 0 Å². The summed E-state index contributed by atoms with van der Waals surface area (Å²) in [6, 6.07) is 3.10. The van der Waals surface area contributed by atoms with E-state index in [-0.39, 0.29) is 12.4 Å². The monoisotopic (exact) mass is 204 g/mol. The topological polar surface area (TPSA) is 29.5 Å². The molecule has 0 radical (unpaired) electrons. The van der Waals surface area contributed by atoms with Crippen LogP contribution in [0.15, 0.2) is 18.2 Å². The summed E-state index contributed by atoms with van der Waals surface area (Å²) in [4.78, 5) is 0. The van der Waals surface area contributed by atoms with Crippen LogP contribution >= 0.6 is 0 Å². The van der Waals surface area contributed by atoms with E-state index in [2.05, 4.69) is 0 Å². The molecule has 1 heterocycles. The maximum Gasteiger partial charge on any atom is 0.416 e. The number of hydrogen-bond acceptors (Lipinski definition) is 2. The summed E-state index contributed by atoms with van der Waals surface area (Å²) >= 11 is 0. The van der Waals surface area contributed by atoms with E-state index in [1.165, 1.54) is 6.07 Å². The molecule has 1 aromatic rings. The minimum Gasteiger partial charge on any atom is -0.490 e. The number of halogens is 3. The zero-order chi connectivity index (χ0) is 10.3. The zero-order valence-electron chi connectivity index (χ0n) is 7.01. The highest BCUT2D eigenvalue weighted by Gasteiger charge is 2.33. The van der Waals surface area contributed by atoms with Crippen molar-refractivity contribution in [3.05, 3.63) is 29.3 Å². The summed E-state index contributed by atoms with van der Waals surface area (Å²) in [5, 5.41) is 9.27. The maximum atomic E-state index is 12.2. The van der Waals surface area contributed by atoms with Crippen LogP contribution in [0.1, 0.15) is 17.2 Å². The number of aliphatic hydroxyl groups excluding tert-OH is 1. The van der Waals surface area contributed by atoms with E-state index in [9.17, 15) is 18.3 Å². The summed E-state index contributed by atoms with van der Waals surface area (Å²) in [6.45, 7) is 0.0244. The normalized spacial score (nSPS) is 20.4. The van der Waals surface area contributed by atoms with E-state index in [1.807, 2.05) is 0 Å². The number of rotatable bonds is 0. The minimum atomic E-state index is -4.37. The van der Waals surface area contributed by atoms with Crippen LogP contribution in [0, 0.1) is 0 Å². The second-order valence-electron chi connectivity index (χ2n) is 3.08. The van der Waals surface area contributed by atoms with E-state index in [0.717, 1.165) is 12.1 Å². The lowest BCUT2D eigenvalue weighted by molar-refractivity contribution is -0.137. The second-order valence-corrected chi connectivity index (χ2v) is 3.08. The van der Waals surface area contributed by atoms with Crippen molar-refractivity contribution in [3.8, 4) is 5.75 Å². The fourth-order valence-corrected chi connectivity index (χ4v) is 1.37. The van der Waals surface area contributed by atoms with Crippen LogP contribution < -0.4 is 4.74 Å². The zero-order valence-corrected chi connectivity index (χ0v) is 7.01. The van der Waals surface area contributed by atoms with Crippen LogP contribution in [-0.4, -0.2) is 11.7 Å². The Morgan fingerprint density at radius 3 is 2.71 bits per heavy atom. The van der Waals surface area contributed by atoms with E-state index >= 15 is 0 Å². The summed E-state index contributed by atoms with van der Waals surface area (Å²) < 4.78 is 41.6. The van der Waals surface area contributed by atoms with Gasteiger partial charge in [0.05, 0.1) is 5.56 Å². The van der Waals surface area contributed by atoms with Gasteiger partial charge in [0.1, 0.15) is 18.5 Å². The fourth-order valence-electron chi connectivity index (χ4n) is 1.37. The molecule has 0 amide bonds. The van der Waals surface area contributed by atoms with Crippen molar-refractivity contribution in [1.82, 2.24) is 0 Å². The molecule has 1 aliphatic heterocycles. The summed E-state index contributed by atoms with van der Waals surface area (Å²) in [5.41, 5.74) is -0.344. The van der Waals surface area contributed by atoms with E-state index in [4.69, 9.17) is 4.74 Å².